The largest absolute Gasteiger partial charge is 0.473 e. The van der Waals surface area contributed by atoms with Gasteiger partial charge >= 0.3 is 0 Å². The number of aromatic nitrogens is 1. The second kappa shape index (κ2) is 3.03. The average molecular weight is 185 g/mol. The predicted octanol–water partition coefficient (Wildman–Crippen LogP) is 1.60. The molecule has 2 rings (SSSR count). The molecule has 0 aliphatic heterocycles. The highest BCUT2D eigenvalue weighted by Crippen LogP contribution is 2.43. The molecular formula is C8H11NO2S. The third kappa shape index (κ3) is 1.44. The highest BCUT2D eigenvalue weighted by molar-refractivity contribution is 7.13. The number of thiazole rings is 1. The zero-order chi connectivity index (χ0) is 8.55. The lowest BCUT2D eigenvalue weighted by molar-refractivity contribution is 0.157. The van der Waals surface area contributed by atoms with Gasteiger partial charge in [-0.1, -0.05) is 11.3 Å². The second-order valence-corrected chi connectivity index (χ2v) is 4.04. The van der Waals surface area contributed by atoms with E-state index in [0.29, 0.717) is 11.1 Å². The molecule has 0 spiro atoms. The van der Waals surface area contributed by atoms with Crippen molar-refractivity contribution in [1.29, 1.82) is 0 Å². The van der Waals surface area contributed by atoms with Gasteiger partial charge in [-0.15, -0.1) is 0 Å². The third-order valence-electron chi connectivity index (χ3n) is 2.04. The summed E-state index contributed by atoms with van der Waals surface area (Å²) in [6.45, 7) is 0. The van der Waals surface area contributed by atoms with Gasteiger partial charge in [0.25, 0.3) is 5.19 Å². The number of rotatable bonds is 3. The minimum absolute atomic E-state index is 0.314. The quantitative estimate of drug-likeness (QED) is 0.777. The zero-order valence-corrected chi connectivity index (χ0v) is 7.67. The molecule has 0 amide bonds. The first-order chi connectivity index (χ1) is 5.81. The summed E-state index contributed by atoms with van der Waals surface area (Å²) >= 11 is 1.43. The molecule has 0 radical (unpaired) electrons. The summed E-state index contributed by atoms with van der Waals surface area (Å²) in [6.07, 6.45) is 3.67. The Morgan fingerprint density at radius 1 is 1.75 bits per heavy atom. The van der Waals surface area contributed by atoms with Crippen molar-refractivity contribution >= 4 is 11.3 Å². The summed E-state index contributed by atoms with van der Waals surface area (Å²) in [5.74, 6) is 0.468. The first-order valence-corrected chi connectivity index (χ1v) is 4.80. The van der Waals surface area contributed by atoms with Gasteiger partial charge in [0.15, 0.2) is 0 Å². The Morgan fingerprint density at radius 2 is 2.50 bits per heavy atom. The van der Waals surface area contributed by atoms with Crippen molar-refractivity contribution in [3.05, 3.63) is 11.1 Å². The smallest absolute Gasteiger partial charge is 0.273 e. The molecule has 1 atom stereocenters. The Hall–Kier alpha value is -0.610. The molecule has 1 aromatic heterocycles. The standard InChI is InChI=1S/C8H11NO2S/c1-11-8-9-4-6(12-8)7(10)5-2-3-5/h4-5,7,10H,2-3H2,1H3. The van der Waals surface area contributed by atoms with E-state index in [2.05, 4.69) is 4.98 Å². The van der Waals surface area contributed by atoms with Crippen LogP contribution in [0.5, 0.6) is 5.19 Å². The van der Waals surface area contributed by atoms with Gasteiger partial charge in [0.1, 0.15) is 0 Å². The molecule has 1 aliphatic rings. The molecule has 1 fully saturated rings. The van der Waals surface area contributed by atoms with Crippen LogP contribution in [-0.4, -0.2) is 17.2 Å². The molecule has 1 aromatic rings. The van der Waals surface area contributed by atoms with Gasteiger partial charge in [-0.05, 0) is 18.8 Å². The number of hydrogen-bond donors (Lipinski definition) is 1. The molecular weight excluding hydrogens is 174 g/mol. The summed E-state index contributed by atoms with van der Waals surface area (Å²) in [6, 6.07) is 0. The fourth-order valence-corrected chi connectivity index (χ4v) is 1.95. The molecule has 1 unspecified atom stereocenters. The van der Waals surface area contributed by atoms with E-state index in [1.54, 1.807) is 13.3 Å². The van der Waals surface area contributed by atoms with E-state index < -0.39 is 0 Å². The summed E-state index contributed by atoms with van der Waals surface area (Å²) in [7, 11) is 1.59. The third-order valence-corrected chi connectivity index (χ3v) is 3.07. The van der Waals surface area contributed by atoms with E-state index in [-0.39, 0.29) is 6.10 Å². The van der Waals surface area contributed by atoms with E-state index in [4.69, 9.17) is 4.74 Å². The number of aliphatic hydroxyl groups excluding tert-OH is 1. The Kier molecular flexibility index (Phi) is 2.02. The average Bonchev–Trinajstić information content (AvgIpc) is 2.82. The van der Waals surface area contributed by atoms with E-state index >= 15 is 0 Å². The molecule has 1 saturated carbocycles. The van der Waals surface area contributed by atoms with Crippen molar-refractivity contribution in [2.24, 2.45) is 5.92 Å². The minimum atomic E-state index is -0.314. The van der Waals surface area contributed by atoms with Crippen molar-refractivity contribution < 1.29 is 9.84 Å². The van der Waals surface area contributed by atoms with E-state index in [1.807, 2.05) is 0 Å². The van der Waals surface area contributed by atoms with Crippen LogP contribution < -0.4 is 4.74 Å². The van der Waals surface area contributed by atoms with Gasteiger partial charge in [-0.2, -0.15) is 0 Å². The molecule has 3 nitrogen and oxygen atoms in total. The lowest BCUT2D eigenvalue weighted by Gasteiger charge is -2.03. The van der Waals surface area contributed by atoms with Crippen molar-refractivity contribution in [2.75, 3.05) is 7.11 Å². The van der Waals surface area contributed by atoms with Gasteiger partial charge in [-0.25, -0.2) is 4.98 Å². The molecule has 1 aliphatic carbocycles. The number of nitrogens with zero attached hydrogens (tertiary/aromatic N) is 1. The Bertz CT molecular complexity index is 270. The Balaban J connectivity index is 2.10. The minimum Gasteiger partial charge on any atom is -0.473 e. The zero-order valence-electron chi connectivity index (χ0n) is 6.86. The van der Waals surface area contributed by atoms with Crippen molar-refractivity contribution in [3.63, 3.8) is 0 Å². The summed E-state index contributed by atoms with van der Waals surface area (Å²) in [4.78, 5) is 4.93. The molecule has 4 heteroatoms. The molecule has 0 bridgehead atoms. The number of ether oxygens (including phenoxy) is 1. The number of methoxy groups -OCH3 is 1. The molecule has 1 heterocycles. The molecule has 0 saturated heterocycles. The fourth-order valence-electron chi connectivity index (χ4n) is 1.15. The highest BCUT2D eigenvalue weighted by Gasteiger charge is 2.32. The summed E-state index contributed by atoms with van der Waals surface area (Å²) < 4.78 is 4.94. The monoisotopic (exact) mass is 185 g/mol. The van der Waals surface area contributed by atoms with E-state index in [9.17, 15) is 5.11 Å². The van der Waals surface area contributed by atoms with Crippen molar-refractivity contribution in [3.8, 4) is 5.19 Å². The molecule has 0 aromatic carbocycles. The van der Waals surface area contributed by atoms with Crippen LogP contribution in [0.1, 0.15) is 23.8 Å². The summed E-state index contributed by atoms with van der Waals surface area (Å²) in [5, 5.41) is 10.3. The van der Waals surface area contributed by atoms with E-state index in [0.717, 1.165) is 17.7 Å². The fraction of sp³-hybridized carbons (Fsp3) is 0.625. The van der Waals surface area contributed by atoms with Crippen LogP contribution >= 0.6 is 11.3 Å². The number of hydrogen-bond acceptors (Lipinski definition) is 4. The first-order valence-electron chi connectivity index (χ1n) is 3.99. The maximum absolute atomic E-state index is 9.68. The summed E-state index contributed by atoms with van der Waals surface area (Å²) in [5.41, 5.74) is 0. The lowest BCUT2D eigenvalue weighted by atomic mass is 10.2. The maximum atomic E-state index is 9.68. The van der Waals surface area contributed by atoms with Gasteiger partial charge < -0.3 is 9.84 Å². The van der Waals surface area contributed by atoms with Crippen molar-refractivity contribution in [2.45, 2.75) is 18.9 Å². The Labute approximate surface area is 75.0 Å². The Morgan fingerprint density at radius 3 is 3.00 bits per heavy atom. The van der Waals surface area contributed by atoms with Crippen LogP contribution in [0.25, 0.3) is 0 Å². The van der Waals surface area contributed by atoms with Crippen LogP contribution in [0.3, 0.4) is 0 Å². The second-order valence-electron chi connectivity index (χ2n) is 3.01. The molecule has 12 heavy (non-hydrogen) atoms. The van der Waals surface area contributed by atoms with Crippen LogP contribution in [0.15, 0.2) is 6.20 Å². The van der Waals surface area contributed by atoms with Crippen molar-refractivity contribution in [1.82, 2.24) is 4.98 Å². The van der Waals surface area contributed by atoms with E-state index in [1.165, 1.54) is 11.3 Å². The molecule has 66 valence electrons. The predicted molar refractivity (Wildman–Crippen MR) is 46.3 cm³/mol. The maximum Gasteiger partial charge on any atom is 0.273 e. The normalized spacial score (nSPS) is 19.2. The lowest BCUT2D eigenvalue weighted by Crippen LogP contribution is -1.95. The number of aliphatic hydroxyl groups is 1. The van der Waals surface area contributed by atoms with Gasteiger partial charge in [0.05, 0.1) is 18.1 Å². The van der Waals surface area contributed by atoms with Crippen LogP contribution in [0.2, 0.25) is 0 Å². The van der Waals surface area contributed by atoms with Gasteiger partial charge in [0, 0.05) is 6.20 Å². The highest BCUT2D eigenvalue weighted by atomic mass is 32.1. The molecule has 1 N–H and O–H groups in total. The van der Waals surface area contributed by atoms with Gasteiger partial charge in [0.2, 0.25) is 0 Å². The van der Waals surface area contributed by atoms with Crippen LogP contribution in [-0.2, 0) is 0 Å². The van der Waals surface area contributed by atoms with Crippen LogP contribution in [0, 0.1) is 5.92 Å². The SMILES string of the molecule is COc1ncc(C(O)C2CC2)s1. The van der Waals surface area contributed by atoms with Crippen LogP contribution in [0.4, 0.5) is 0 Å². The van der Waals surface area contributed by atoms with Gasteiger partial charge in [-0.3, -0.25) is 0 Å². The topological polar surface area (TPSA) is 42.4 Å². The first kappa shape index (κ1) is 8.01.